The first-order valence-corrected chi connectivity index (χ1v) is 5.63. The van der Waals surface area contributed by atoms with Crippen LogP contribution < -0.4 is 5.73 Å². The van der Waals surface area contributed by atoms with Crippen molar-refractivity contribution in [1.29, 1.82) is 0 Å². The maximum Gasteiger partial charge on any atom is 0.324 e. The van der Waals surface area contributed by atoms with Gasteiger partial charge in [-0.25, -0.2) is 0 Å². The first-order valence-electron chi connectivity index (χ1n) is 5.63. The number of carbonyl (C=O) groups is 1. The van der Waals surface area contributed by atoms with Crippen LogP contribution in [0, 0.1) is 0 Å². The smallest absolute Gasteiger partial charge is 0.324 e. The van der Waals surface area contributed by atoms with Crippen LogP contribution in [0.1, 0.15) is 6.92 Å². The predicted molar refractivity (Wildman–Crippen MR) is 64.8 cm³/mol. The standard InChI is InChI=1S/C11H24N2O4/c1-9(8-16-3)13(5-6-15-2)10(7-12)11(14)17-4/h9-10H,5-8,12H2,1-4H3. The van der Waals surface area contributed by atoms with Gasteiger partial charge in [-0.3, -0.25) is 9.69 Å². The van der Waals surface area contributed by atoms with Gasteiger partial charge in [0.15, 0.2) is 0 Å². The Morgan fingerprint density at radius 2 is 1.94 bits per heavy atom. The highest BCUT2D eigenvalue weighted by atomic mass is 16.5. The van der Waals surface area contributed by atoms with Crippen LogP contribution in [-0.4, -0.2) is 70.6 Å². The van der Waals surface area contributed by atoms with Crippen molar-refractivity contribution in [3.8, 4) is 0 Å². The second-order valence-corrected chi connectivity index (χ2v) is 3.81. The quantitative estimate of drug-likeness (QED) is 0.553. The molecule has 0 aliphatic heterocycles. The van der Waals surface area contributed by atoms with Crippen LogP contribution in [0.15, 0.2) is 0 Å². The van der Waals surface area contributed by atoms with Crippen molar-refractivity contribution >= 4 is 5.97 Å². The van der Waals surface area contributed by atoms with E-state index in [9.17, 15) is 4.79 Å². The highest BCUT2D eigenvalue weighted by molar-refractivity contribution is 5.76. The Bertz CT molecular complexity index is 214. The maximum absolute atomic E-state index is 11.6. The molecule has 0 heterocycles. The lowest BCUT2D eigenvalue weighted by Gasteiger charge is -2.33. The largest absolute Gasteiger partial charge is 0.468 e. The molecule has 0 fully saturated rings. The Balaban J connectivity index is 4.66. The summed E-state index contributed by atoms with van der Waals surface area (Å²) in [5.41, 5.74) is 5.63. The van der Waals surface area contributed by atoms with Crippen molar-refractivity contribution in [3.05, 3.63) is 0 Å². The highest BCUT2D eigenvalue weighted by Gasteiger charge is 2.28. The third kappa shape index (κ3) is 5.45. The molecule has 0 aliphatic rings. The highest BCUT2D eigenvalue weighted by Crippen LogP contribution is 2.07. The molecule has 0 spiro atoms. The van der Waals surface area contributed by atoms with Gasteiger partial charge >= 0.3 is 5.97 Å². The van der Waals surface area contributed by atoms with Crippen molar-refractivity contribution in [2.24, 2.45) is 5.73 Å². The van der Waals surface area contributed by atoms with Gasteiger partial charge in [-0.1, -0.05) is 0 Å². The first-order chi connectivity index (χ1) is 8.12. The fourth-order valence-corrected chi connectivity index (χ4v) is 1.72. The van der Waals surface area contributed by atoms with Crippen LogP contribution in [0.4, 0.5) is 0 Å². The van der Waals surface area contributed by atoms with Crippen LogP contribution >= 0.6 is 0 Å². The van der Waals surface area contributed by atoms with Crippen molar-refractivity contribution in [3.63, 3.8) is 0 Å². The van der Waals surface area contributed by atoms with Gasteiger partial charge < -0.3 is 19.9 Å². The first kappa shape index (κ1) is 16.3. The summed E-state index contributed by atoms with van der Waals surface area (Å²) in [6, 6.07) is -0.386. The topological polar surface area (TPSA) is 74.0 Å². The number of methoxy groups -OCH3 is 3. The number of nitrogens with zero attached hydrogens (tertiary/aromatic N) is 1. The molecule has 0 saturated carbocycles. The van der Waals surface area contributed by atoms with Crippen LogP contribution in [0.25, 0.3) is 0 Å². The van der Waals surface area contributed by atoms with Crippen LogP contribution in [-0.2, 0) is 19.0 Å². The second-order valence-electron chi connectivity index (χ2n) is 3.81. The molecular weight excluding hydrogens is 224 g/mol. The maximum atomic E-state index is 11.6. The van der Waals surface area contributed by atoms with Crippen molar-refractivity contribution in [2.45, 2.75) is 19.0 Å². The fourth-order valence-electron chi connectivity index (χ4n) is 1.72. The minimum absolute atomic E-state index is 0.0720. The third-order valence-corrected chi connectivity index (χ3v) is 2.62. The molecule has 0 aromatic carbocycles. The summed E-state index contributed by atoms with van der Waals surface area (Å²) in [4.78, 5) is 13.6. The summed E-state index contributed by atoms with van der Waals surface area (Å²) in [6.07, 6.45) is 0. The van der Waals surface area contributed by atoms with Crippen LogP contribution in [0.5, 0.6) is 0 Å². The average Bonchev–Trinajstić information content (AvgIpc) is 2.33. The number of rotatable bonds is 9. The molecule has 0 aromatic rings. The number of hydrogen-bond donors (Lipinski definition) is 1. The van der Waals surface area contributed by atoms with Gasteiger partial charge in [-0.05, 0) is 6.92 Å². The van der Waals surface area contributed by atoms with Gasteiger partial charge in [-0.2, -0.15) is 0 Å². The molecule has 0 aromatic heterocycles. The predicted octanol–water partition coefficient (Wildman–Crippen LogP) is -0.530. The van der Waals surface area contributed by atoms with E-state index >= 15 is 0 Å². The lowest BCUT2D eigenvalue weighted by atomic mass is 10.2. The molecule has 2 N–H and O–H groups in total. The molecule has 6 nitrogen and oxygen atoms in total. The number of esters is 1. The van der Waals surface area contributed by atoms with E-state index in [-0.39, 0.29) is 18.6 Å². The minimum atomic E-state index is -0.458. The summed E-state index contributed by atoms with van der Waals surface area (Å²) >= 11 is 0. The van der Waals surface area contributed by atoms with Gasteiger partial charge in [0.2, 0.25) is 0 Å². The normalized spacial score (nSPS) is 14.7. The second kappa shape index (κ2) is 9.35. The molecule has 0 radical (unpaired) electrons. The zero-order chi connectivity index (χ0) is 13.3. The van der Waals surface area contributed by atoms with Crippen LogP contribution in [0.2, 0.25) is 0 Å². The van der Waals surface area contributed by atoms with Gasteiger partial charge in [0.1, 0.15) is 6.04 Å². The van der Waals surface area contributed by atoms with Gasteiger partial charge in [-0.15, -0.1) is 0 Å². The Hall–Kier alpha value is -0.690. The molecule has 6 heteroatoms. The molecule has 0 saturated heterocycles. The lowest BCUT2D eigenvalue weighted by molar-refractivity contribution is -0.148. The van der Waals surface area contributed by atoms with Crippen molar-refractivity contribution in [2.75, 3.05) is 47.6 Å². The number of ether oxygens (including phenoxy) is 3. The zero-order valence-electron chi connectivity index (χ0n) is 11.1. The number of hydrogen-bond acceptors (Lipinski definition) is 6. The van der Waals surface area contributed by atoms with E-state index in [1.165, 1.54) is 7.11 Å². The Kier molecular flexibility index (Phi) is 8.97. The average molecular weight is 248 g/mol. The summed E-state index contributed by atoms with van der Waals surface area (Å²) in [7, 11) is 4.61. The van der Waals surface area contributed by atoms with Gasteiger partial charge in [0, 0.05) is 33.4 Å². The van der Waals surface area contributed by atoms with E-state index in [0.29, 0.717) is 19.8 Å². The van der Waals surface area contributed by atoms with Crippen molar-refractivity contribution in [1.82, 2.24) is 4.90 Å². The molecule has 0 aliphatic carbocycles. The van der Waals surface area contributed by atoms with E-state index in [0.717, 1.165) is 0 Å². The Morgan fingerprint density at radius 3 is 2.35 bits per heavy atom. The van der Waals surface area contributed by atoms with E-state index in [2.05, 4.69) is 0 Å². The zero-order valence-corrected chi connectivity index (χ0v) is 11.1. The molecular formula is C11H24N2O4. The van der Waals surface area contributed by atoms with E-state index in [1.807, 2.05) is 11.8 Å². The van der Waals surface area contributed by atoms with E-state index in [4.69, 9.17) is 19.9 Å². The summed E-state index contributed by atoms with van der Waals surface area (Å²) in [5, 5.41) is 0. The SMILES string of the molecule is COCCN(C(C)COC)C(CN)C(=O)OC. The third-order valence-electron chi connectivity index (χ3n) is 2.62. The molecule has 17 heavy (non-hydrogen) atoms. The van der Waals surface area contributed by atoms with E-state index in [1.54, 1.807) is 14.2 Å². The monoisotopic (exact) mass is 248 g/mol. The number of nitrogens with two attached hydrogens (primary N) is 1. The molecule has 0 amide bonds. The fraction of sp³-hybridized carbons (Fsp3) is 0.909. The molecule has 102 valence electrons. The Labute approximate surface area is 103 Å². The van der Waals surface area contributed by atoms with E-state index < -0.39 is 6.04 Å². The number of carbonyl (C=O) groups excluding carboxylic acids is 1. The Morgan fingerprint density at radius 1 is 1.29 bits per heavy atom. The minimum Gasteiger partial charge on any atom is -0.468 e. The molecule has 2 atom stereocenters. The molecule has 0 rings (SSSR count). The summed E-state index contributed by atoms with van der Waals surface area (Å²) in [6.45, 7) is 3.85. The molecule has 2 unspecified atom stereocenters. The summed E-state index contributed by atoms with van der Waals surface area (Å²) in [5.74, 6) is -0.327. The molecule has 0 bridgehead atoms. The van der Waals surface area contributed by atoms with Crippen LogP contribution in [0.3, 0.4) is 0 Å². The van der Waals surface area contributed by atoms with Crippen molar-refractivity contribution < 1.29 is 19.0 Å². The lowest BCUT2D eigenvalue weighted by Crippen LogP contribution is -2.53. The summed E-state index contributed by atoms with van der Waals surface area (Å²) < 4.78 is 14.9. The van der Waals surface area contributed by atoms with Gasteiger partial charge in [0.05, 0.1) is 20.3 Å². The van der Waals surface area contributed by atoms with Gasteiger partial charge in [0.25, 0.3) is 0 Å².